The van der Waals surface area contributed by atoms with E-state index in [2.05, 4.69) is 13.2 Å². The van der Waals surface area contributed by atoms with Gasteiger partial charge in [-0.25, -0.2) is 9.59 Å². The van der Waals surface area contributed by atoms with E-state index in [4.69, 9.17) is 19.3 Å². The second-order valence-electron chi connectivity index (χ2n) is 7.18. The molecule has 0 spiro atoms. The van der Waals surface area contributed by atoms with Crippen LogP contribution in [0, 0.1) is 5.92 Å². The van der Waals surface area contributed by atoms with E-state index in [0.717, 1.165) is 5.57 Å². The summed E-state index contributed by atoms with van der Waals surface area (Å²) in [6.07, 6.45) is 1.88. The molecule has 2 fully saturated rings. The largest absolute Gasteiger partial charge is 0.458 e. The minimum Gasteiger partial charge on any atom is -0.458 e. The minimum absolute atomic E-state index is 0.0662. The molecule has 0 aromatic carbocycles. The smallest absolute Gasteiger partial charge is 0.336 e. The lowest BCUT2D eigenvalue weighted by Crippen LogP contribution is -2.40. The number of allylic oxidation sites excluding steroid dienone is 1. The van der Waals surface area contributed by atoms with Crippen LogP contribution in [0.15, 0.2) is 36.0 Å². The van der Waals surface area contributed by atoms with Crippen LogP contribution in [-0.4, -0.2) is 59.3 Å². The summed E-state index contributed by atoms with van der Waals surface area (Å²) in [6, 6.07) is 0. The highest BCUT2D eigenvalue weighted by molar-refractivity contribution is 5.92. The zero-order valence-corrected chi connectivity index (χ0v) is 14.8. The number of carbonyl (C=O) groups excluding carboxylic acids is 2. The Labute approximate surface area is 151 Å². The van der Waals surface area contributed by atoms with Gasteiger partial charge >= 0.3 is 11.9 Å². The topological polar surface area (TPSA) is 106 Å². The van der Waals surface area contributed by atoms with E-state index >= 15 is 0 Å². The molecule has 2 aliphatic heterocycles. The first-order valence-corrected chi connectivity index (χ1v) is 8.66. The standard InChI is InChI=1S/C19H24O7/c1-10-5-4-6-19(9-21)16(26-19)15-14(12(3)18(23)25-15)13(7-10)24-17(22)11(2)8-20/h5,13-16,20-21H,2-4,6-9H2,1H3/b10-5+/t13-,14+,15-,16+,19-/m0/s1. The van der Waals surface area contributed by atoms with Gasteiger partial charge in [0.15, 0.2) is 0 Å². The summed E-state index contributed by atoms with van der Waals surface area (Å²) in [5, 5.41) is 18.9. The first-order chi connectivity index (χ1) is 12.3. The molecule has 0 aromatic rings. The Kier molecular flexibility index (Phi) is 5.05. The second kappa shape index (κ2) is 6.98. The van der Waals surface area contributed by atoms with Gasteiger partial charge in [0.25, 0.3) is 0 Å². The molecule has 2 saturated heterocycles. The number of hydrogen-bond acceptors (Lipinski definition) is 7. The summed E-state index contributed by atoms with van der Waals surface area (Å²) in [6.45, 7) is 8.53. The van der Waals surface area contributed by atoms with Crippen molar-refractivity contribution in [2.24, 2.45) is 5.92 Å². The zero-order valence-electron chi connectivity index (χ0n) is 14.8. The van der Waals surface area contributed by atoms with Crippen molar-refractivity contribution in [3.63, 3.8) is 0 Å². The molecule has 2 N–H and O–H groups in total. The van der Waals surface area contributed by atoms with Gasteiger partial charge in [0.05, 0.1) is 24.7 Å². The molecule has 0 radical (unpaired) electrons. The van der Waals surface area contributed by atoms with Gasteiger partial charge in [-0.1, -0.05) is 24.8 Å². The fraction of sp³-hybridized carbons (Fsp3) is 0.579. The summed E-state index contributed by atoms with van der Waals surface area (Å²) in [5.74, 6) is -1.86. The van der Waals surface area contributed by atoms with Crippen LogP contribution in [0.5, 0.6) is 0 Å². The summed E-state index contributed by atoms with van der Waals surface area (Å²) >= 11 is 0. The molecule has 3 aliphatic rings. The SMILES string of the molecule is C=C(CO)C(=O)O[C@H]1C/C(C)=C/CC[C@@]2(CO)O[C@@H]2[C@H]2OC(=O)C(=C)[C@@H]21. The molecule has 7 heteroatoms. The molecule has 26 heavy (non-hydrogen) atoms. The highest BCUT2D eigenvalue weighted by atomic mass is 16.7. The van der Waals surface area contributed by atoms with Crippen molar-refractivity contribution in [3.8, 4) is 0 Å². The Balaban J connectivity index is 1.94. The molecule has 0 unspecified atom stereocenters. The van der Waals surface area contributed by atoms with Crippen molar-refractivity contribution in [2.45, 2.75) is 50.1 Å². The van der Waals surface area contributed by atoms with Crippen LogP contribution in [0.4, 0.5) is 0 Å². The zero-order chi connectivity index (χ0) is 19.1. The molecule has 5 atom stereocenters. The number of hydrogen-bond donors (Lipinski definition) is 2. The maximum absolute atomic E-state index is 12.2. The van der Waals surface area contributed by atoms with Crippen molar-refractivity contribution in [2.75, 3.05) is 13.2 Å². The van der Waals surface area contributed by atoms with Crippen molar-refractivity contribution in [3.05, 3.63) is 36.0 Å². The summed E-state index contributed by atoms with van der Waals surface area (Å²) in [5.41, 5.74) is 0.391. The number of aliphatic hydroxyl groups excluding tert-OH is 2. The van der Waals surface area contributed by atoms with Gasteiger partial charge in [0.2, 0.25) is 0 Å². The number of rotatable bonds is 4. The van der Waals surface area contributed by atoms with E-state index < -0.39 is 48.4 Å². The second-order valence-corrected chi connectivity index (χ2v) is 7.18. The maximum atomic E-state index is 12.2. The van der Waals surface area contributed by atoms with Gasteiger partial charge in [0.1, 0.15) is 23.9 Å². The number of esters is 2. The van der Waals surface area contributed by atoms with Crippen LogP contribution in [0.1, 0.15) is 26.2 Å². The van der Waals surface area contributed by atoms with Crippen molar-refractivity contribution < 1.29 is 34.0 Å². The third-order valence-electron chi connectivity index (χ3n) is 5.37. The molecule has 0 saturated carbocycles. The van der Waals surface area contributed by atoms with Crippen LogP contribution in [0.25, 0.3) is 0 Å². The van der Waals surface area contributed by atoms with Crippen LogP contribution in [0.3, 0.4) is 0 Å². The third kappa shape index (κ3) is 3.22. The first-order valence-electron chi connectivity index (χ1n) is 8.66. The van der Waals surface area contributed by atoms with Gasteiger partial charge in [-0.05, 0) is 19.8 Å². The predicted molar refractivity (Wildman–Crippen MR) is 90.9 cm³/mol. The maximum Gasteiger partial charge on any atom is 0.336 e. The minimum atomic E-state index is -0.745. The molecule has 2 heterocycles. The highest BCUT2D eigenvalue weighted by Gasteiger charge is 2.65. The number of ether oxygens (including phenoxy) is 3. The van der Waals surface area contributed by atoms with Crippen LogP contribution in [-0.2, 0) is 23.8 Å². The van der Waals surface area contributed by atoms with Gasteiger partial charge in [0, 0.05) is 12.0 Å². The molecule has 0 amide bonds. The average molecular weight is 364 g/mol. The van der Waals surface area contributed by atoms with E-state index in [9.17, 15) is 14.7 Å². The van der Waals surface area contributed by atoms with E-state index in [1.165, 1.54) is 0 Å². The Bertz CT molecular complexity index is 679. The van der Waals surface area contributed by atoms with Gasteiger partial charge in [-0.3, -0.25) is 0 Å². The molecule has 1 aliphatic carbocycles. The Morgan fingerprint density at radius 3 is 2.85 bits per heavy atom. The monoisotopic (exact) mass is 364 g/mol. The van der Waals surface area contributed by atoms with Crippen molar-refractivity contribution >= 4 is 11.9 Å². The third-order valence-corrected chi connectivity index (χ3v) is 5.37. The molecule has 3 rings (SSSR count). The summed E-state index contributed by atoms with van der Waals surface area (Å²) in [7, 11) is 0. The number of fused-ring (bicyclic) bond motifs is 3. The van der Waals surface area contributed by atoms with Crippen molar-refractivity contribution in [1.29, 1.82) is 0 Å². The summed E-state index contributed by atoms with van der Waals surface area (Å²) in [4.78, 5) is 24.3. The fourth-order valence-corrected chi connectivity index (χ4v) is 3.78. The lowest BCUT2D eigenvalue weighted by molar-refractivity contribution is -0.148. The van der Waals surface area contributed by atoms with E-state index in [-0.39, 0.29) is 17.8 Å². The van der Waals surface area contributed by atoms with Gasteiger partial charge in [-0.2, -0.15) is 0 Å². The number of aliphatic hydroxyl groups is 2. The quantitative estimate of drug-likeness (QED) is 0.329. The Morgan fingerprint density at radius 2 is 2.19 bits per heavy atom. The number of carbonyl (C=O) groups is 2. The molecular formula is C19H24O7. The van der Waals surface area contributed by atoms with Gasteiger partial charge in [-0.15, -0.1) is 0 Å². The van der Waals surface area contributed by atoms with E-state index in [1.54, 1.807) is 0 Å². The normalized spacial score (nSPS) is 38.3. The van der Waals surface area contributed by atoms with E-state index in [0.29, 0.717) is 19.3 Å². The van der Waals surface area contributed by atoms with E-state index in [1.807, 2.05) is 13.0 Å². The molecule has 7 nitrogen and oxygen atoms in total. The van der Waals surface area contributed by atoms with Crippen LogP contribution in [0.2, 0.25) is 0 Å². The first kappa shape index (κ1) is 18.8. The van der Waals surface area contributed by atoms with Crippen LogP contribution >= 0.6 is 0 Å². The molecule has 0 bridgehead atoms. The fourth-order valence-electron chi connectivity index (χ4n) is 3.78. The Morgan fingerprint density at radius 1 is 1.46 bits per heavy atom. The predicted octanol–water partition coefficient (Wildman–Crippen LogP) is 0.805. The average Bonchev–Trinajstić information content (AvgIpc) is 3.26. The highest BCUT2D eigenvalue weighted by Crippen LogP contribution is 2.50. The molecular weight excluding hydrogens is 340 g/mol. The summed E-state index contributed by atoms with van der Waals surface area (Å²) < 4.78 is 16.8. The lowest BCUT2D eigenvalue weighted by Gasteiger charge is -2.28. The van der Waals surface area contributed by atoms with Crippen molar-refractivity contribution in [1.82, 2.24) is 0 Å². The van der Waals surface area contributed by atoms with Crippen LogP contribution < -0.4 is 0 Å². The molecule has 0 aromatic heterocycles. The number of epoxide rings is 1. The molecule has 142 valence electrons. The Hall–Kier alpha value is -1.96. The lowest BCUT2D eigenvalue weighted by atomic mass is 9.81. The van der Waals surface area contributed by atoms with Gasteiger partial charge < -0.3 is 24.4 Å².